The van der Waals surface area contributed by atoms with Gasteiger partial charge in [-0.3, -0.25) is 4.90 Å². The quantitative estimate of drug-likeness (QED) is 0.643. The first-order valence-electron chi connectivity index (χ1n) is 5.75. The molecule has 3 nitrogen and oxygen atoms in total. The zero-order valence-electron chi connectivity index (χ0n) is 9.17. The molecule has 2 rings (SSSR count). The van der Waals surface area contributed by atoms with Gasteiger partial charge in [0.25, 0.3) is 0 Å². The van der Waals surface area contributed by atoms with Gasteiger partial charge < -0.3 is 10.5 Å². The largest absolute Gasteiger partial charge is 0.385 e. The van der Waals surface area contributed by atoms with E-state index in [1.807, 2.05) is 0 Å². The van der Waals surface area contributed by atoms with Gasteiger partial charge in [-0.1, -0.05) is 0 Å². The number of unbranched alkanes of at least 4 members (excludes halogenated alkanes) is 1. The maximum absolute atomic E-state index is 6.26. The van der Waals surface area contributed by atoms with Crippen molar-refractivity contribution in [1.29, 1.82) is 0 Å². The molecule has 82 valence electrons. The Labute approximate surface area is 86.6 Å². The maximum atomic E-state index is 6.26. The van der Waals surface area contributed by atoms with E-state index in [1.54, 1.807) is 7.11 Å². The van der Waals surface area contributed by atoms with Crippen molar-refractivity contribution in [2.24, 2.45) is 11.7 Å². The van der Waals surface area contributed by atoms with Crippen molar-refractivity contribution in [2.75, 3.05) is 33.4 Å². The molecule has 0 bridgehead atoms. The standard InChI is InChI=1S/C11H22N2O/c1-14-7-3-2-6-13-8-11(12,9-13)10-4-5-10/h10H,2-9,12H2,1H3. The predicted molar refractivity (Wildman–Crippen MR) is 57.2 cm³/mol. The minimum atomic E-state index is 0.196. The van der Waals surface area contributed by atoms with E-state index in [-0.39, 0.29) is 5.54 Å². The van der Waals surface area contributed by atoms with Crippen molar-refractivity contribution in [3.8, 4) is 0 Å². The summed E-state index contributed by atoms with van der Waals surface area (Å²) >= 11 is 0. The third-order valence-electron chi connectivity index (χ3n) is 3.50. The molecule has 2 N–H and O–H groups in total. The second kappa shape index (κ2) is 4.17. The molecule has 0 amide bonds. The van der Waals surface area contributed by atoms with E-state index in [1.165, 1.54) is 32.2 Å². The second-order valence-electron chi connectivity index (χ2n) is 4.92. The van der Waals surface area contributed by atoms with Crippen molar-refractivity contribution in [3.63, 3.8) is 0 Å². The maximum Gasteiger partial charge on any atom is 0.0462 e. The first kappa shape index (κ1) is 10.4. The van der Waals surface area contributed by atoms with Crippen LogP contribution in [-0.4, -0.2) is 43.8 Å². The highest BCUT2D eigenvalue weighted by atomic mass is 16.5. The summed E-state index contributed by atoms with van der Waals surface area (Å²) in [6.07, 6.45) is 5.16. The van der Waals surface area contributed by atoms with E-state index in [9.17, 15) is 0 Å². The number of methoxy groups -OCH3 is 1. The summed E-state index contributed by atoms with van der Waals surface area (Å²) in [7, 11) is 1.77. The average Bonchev–Trinajstić information content (AvgIpc) is 2.91. The van der Waals surface area contributed by atoms with Crippen molar-refractivity contribution < 1.29 is 4.74 Å². The SMILES string of the molecule is COCCCCN1CC(N)(C2CC2)C1. The van der Waals surface area contributed by atoms with Gasteiger partial charge in [0, 0.05) is 32.3 Å². The fourth-order valence-electron chi connectivity index (χ4n) is 2.44. The van der Waals surface area contributed by atoms with Gasteiger partial charge in [-0.05, 0) is 38.1 Å². The molecule has 2 aliphatic rings. The molecule has 14 heavy (non-hydrogen) atoms. The van der Waals surface area contributed by atoms with Gasteiger partial charge in [-0.2, -0.15) is 0 Å². The Bertz CT molecular complexity index is 186. The molecule has 1 saturated heterocycles. The topological polar surface area (TPSA) is 38.5 Å². The van der Waals surface area contributed by atoms with Gasteiger partial charge in [-0.25, -0.2) is 0 Å². The first-order valence-corrected chi connectivity index (χ1v) is 5.75. The van der Waals surface area contributed by atoms with Gasteiger partial charge in [0.05, 0.1) is 0 Å². The molecule has 1 aliphatic carbocycles. The fourth-order valence-corrected chi connectivity index (χ4v) is 2.44. The monoisotopic (exact) mass is 198 g/mol. The Kier molecular flexibility index (Phi) is 3.10. The van der Waals surface area contributed by atoms with E-state index in [4.69, 9.17) is 10.5 Å². The summed E-state index contributed by atoms with van der Waals surface area (Å²) in [4.78, 5) is 2.48. The molecule has 0 radical (unpaired) electrons. The Balaban J connectivity index is 1.54. The van der Waals surface area contributed by atoms with Crippen LogP contribution in [0, 0.1) is 5.92 Å². The highest BCUT2D eigenvalue weighted by Crippen LogP contribution is 2.42. The normalized spacial score (nSPS) is 26.1. The van der Waals surface area contributed by atoms with Gasteiger partial charge >= 0.3 is 0 Å². The molecular weight excluding hydrogens is 176 g/mol. The second-order valence-corrected chi connectivity index (χ2v) is 4.92. The Morgan fingerprint density at radius 2 is 2.07 bits per heavy atom. The highest BCUT2D eigenvalue weighted by Gasteiger charge is 2.49. The van der Waals surface area contributed by atoms with Crippen LogP contribution in [0.25, 0.3) is 0 Å². The summed E-state index contributed by atoms with van der Waals surface area (Å²) in [5, 5.41) is 0. The molecule has 1 aliphatic heterocycles. The van der Waals surface area contributed by atoms with E-state index >= 15 is 0 Å². The van der Waals surface area contributed by atoms with Crippen LogP contribution in [0.2, 0.25) is 0 Å². The van der Waals surface area contributed by atoms with Gasteiger partial charge in [0.15, 0.2) is 0 Å². The molecule has 0 spiro atoms. The zero-order chi connectivity index (χ0) is 10.0. The van der Waals surface area contributed by atoms with Crippen molar-refractivity contribution in [1.82, 2.24) is 4.90 Å². The summed E-state index contributed by atoms with van der Waals surface area (Å²) in [6, 6.07) is 0. The number of hydrogen-bond donors (Lipinski definition) is 1. The zero-order valence-corrected chi connectivity index (χ0v) is 9.17. The lowest BCUT2D eigenvalue weighted by atomic mass is 9.85. The van der Waals surface area contributed by atoms with E-state index < -0.39 is 0 Å². The van der Waals surface area contributed by atoms with Crippen molar-refractivity contribution >= 4 is 0 Å². The van der Waals surface area contributed by atoms with E-state index in [0.717, 1.165) is 25.6 Å². The molecule has 2 fully saturated rings. The molecule has 1 heterocycles. The van der Waals surface area contributed by atoms with Crippen LogP contribution in [-0.2, 0) is 4.74 Å². The van der Waals surface area contributed by atoms with Crippen LogP contribution in [0.15, 0.2) is 0 Å². The van der Waals surface area contributed by atoms with Crippen molar-refractivity contribution in [3.05, 3.63) is 0 Å². The number of ether oxygens (including phenoxy) is 1. The van der Waals surface area contributed by atoms with Crippen LogP contribution >= 0.6 is 0 Å². The summed E-state index contributed by atoms with van der Waals surface area (Å²) in [5.41, 5.74) is 6.46. The Morgan fingerprint density at radius 3 is 2.64 bits per heavy atom. The predicted octanol–water partition coefficient (Wildman–Crippen LogP) is 0.836. The molecule has 0 unspecified atom stereocenters. The summed E-state index contributed by atoms with van der Waals surface area (Å²) < 4.78 is 5.02. The van der Waals surface area contributed by atoms with Crippen LogP contribution in [0.5, 0.6) is 0 Å². The van der Waals surface area contributed by atoms with Crippen molar-refractivity contribution in [2.45, 2.75) is 31.2 Å². The van der Waals surface area contributed by atoms with Crippen LogP contribution < -0.4 is 5.73 Å². The smallest absolute Gasteiger partial charge is 0.0462 e. The molecule has 3 heteroatoms. The van der Waals surface area contributed by atoms with Gasteiger partial charge in [0.1, 0.15) is 0 Å². The number of nitrogens with two attached hydrogens (primary N) is 1. The summed E-state index contributed by atoms with van der Waals surface area (Å²) in [5.74, 6) is 0.845. The Morgan fingerprint density at radius 1 is 1.36 bits per heavy atom. The number of hydrogen-bond acceptors (Lipinski definition) is 3. The molecule has 0 aromatic rings. The average molecular weight is 198 g/mol. The highest BCUT2D eigenvalue weighted by molar-refractivity contribution is 5.08. The lowest BCUT2D eigenvalue weighted by Gasteiger charge is -2.48. The van der Waals surface area contributed by atoms with E-state index in [2.05, 4.69) is 4.90 Å². The van der Waals surface area contributed by atoms with E-state index in [0.29, 0.717) is 0 Å². The number of nitrogens with zero attached hydrogens (tertiary/aromatic N) is 1. The molecule has 0 aromatic carbocycles. The molecule has 0 atom stereocenters. The number of likely N-dealkylation sites (tertiary alicyclic amines) is 1. The third kappa shape index (κ3) is 2.27. The lowest BCUT2D eigenvalue weighted by molar-refractivity contribution is 0.0514. The third-order valence-corrected chi connectivity index (χ3v) is 3.50. The molecular formula is C11H22N2O. The first-order chi connectivity index (χ1) is 6.74. The minimum Gasteiger partial charge on any atom is -0.385 e. The van der Waals surface area contributed by atoms with Gasteiger partial charge in [0.2, 0.25) is 0 Å². The molecule has 0 aromatic heterocycles. The minimum absolute atomic E-state index is 0.196. The lowest BCUT2D eigenvalue weighted by Crippen LogP contribution is -2.68. The van der Waals surface area contributed by atoms with Crippen LogP contribution in [0.3, 0.4) is 0 Å². The molecule has 1 saturated carbocycles. The van der Waals surface area contributed by atoms with Crippen LogP contribution in [0.1, 0.15) is 25.7 Å². The van der Waals surface area contributed by atoms with Gasteiger partial charge in [-0.15, -0.1) is 0 Å². The fraction of sp³-hybridized carbons (Fsp3) is 1.00. The summed E-state index contributed by atoms with van der Waals surface area (Å²) in [6.45, 7) is 4.36. The van der Waals surface area contributed by atoms with Crippen LogP contribution in [0.4, 0.5) is 0 Å². The Hall–Kier alpha value is -0.120. The number of rotatable bonds is 6.